The quantitative estimate of drug-likeness (QED) is 0.632. The highest BCUT2D eigenvalue weighted by atomic mass is 32.1. The van der Waals surface area contributed by atoms with Gasteiger partial charge in [-0.15, -0.1) is 11.3 Å². The van der Waals surface area contributed by atoms with Crippen LogP contribution in [-0.2, 0) is 0 Å². The van der Waals surface area contributed by atoms with Gasteiger partial charge in [-0.25, -0.2) is 10.8 Å². The molecule has 0 saturated heterocycles. The molecule has 20 heavy (non-hydrogen) atoms. The molecular weight excluding hydrogens is 270 g/mol. The van der Waals surface area contributed by atoms with Crippen LogP contribution in [0.5, 0.6) is 0 Å². The fraction of sp³-hybridized carbons (Fsp3) is 0.571. The highest BCUT2D eigenvalue weighted by Gasteiger charge is 2.31. The number of anilines is 2. The third-order valence-corrected chi connectivity index (χ3v) is 4.89. The van der Waals surface area contributed by atoms with Crippen molar-refractivity contribution in [2.24, 2.45) is 17.7 Å². The predicted octanol–water partition coefficient (Wildman–Crippen LogP) is 2.60. The van der Waals surface area contributed by atoms with Crippen LogP contribution in [0.25, 0.3) is 10.2 Å². The van der Waals surface area contributed by atoms with Crippen molar-refractivity contribution < 1.29 is 0 Å². The third kappa shape index (κ3) is 2.45. The second-order valence-electron chi connectivity index (χ2n) is 5.95. The van der Waals surface area contributed by atoms with Crippen LogP contribution >= 0.6 is 11.3 Å². The van der Waals surface area contributed by atoms with E-state index in [1.807, 2.05) is 0 Å². The van der Waals surface area contributed by atoms with E-state index in [4.69, 9.17) is 5.84 Å². The van der Waals surface area contributed by atoms with E-state index in [1.54, 1.807) is 11.3 Å². The summed E-state index contributed by atoms with van der Waals surface area (Å²) >= 11 is 1.64. The molecule has 2 saturated carbocycles. The van der Waals surface area contributed by atoms with Gasteiger partial charge in [0.25, 0.3) is 0 Å². The molecule has 0 spiro atoms. The molecule has 0 aliphatic heterocycles. The van der Waals surface area contributed by atoms with E-state index in [-0.39, 0.29) is 0 Å². The van der Waals surface area contributed by atoms with Crippen LogP contribution < -0.4 is 16.2 Å². The largest absolute Gasteiger partial charge is 0.355 e. The fourth-order valence-electron chi connectivity index (χ4n) is 2.62. The summed E-state index contributed by atoms with van der Waals surface area (Å²) in [5.74, 6) is 8.80. The van der Waals surface area contributed by atoms with Gasteiger partial charge in [-0.1, -0.05) is 0 Å². The zero-order chi connectivity index (χ0) is 13.5. The zero-order valence-electron chi connectivity index (χ0n) is 11.4. The topological polar surface area (TPSA) is 67.1 Å². The molecule has 6 heteroatoms. The summed E-state index contributed by atoms with van der Waals surface area (Å²) in [6, 6.07) is 2.13. The number of fused-ring (bicyclic) bond motifs is 1. The van der Waals surface area contributed by atoms with Crippen molar-refractivity contribution in [3.8, 4) is 0 Å². The van der Waals surface area contributed by atoms with Crippen molar-refractivity contribution in [1.29, 1.82) is 0 Å². The molecular formula is C14H19N5S. The molecule has 106 valence electrons. The molecule has 0 unspecified atom stereocenters. The molecule has 0 radical (unpaired) electrons. The number of hydrazine groups is 1. The van der Waals surface area contributed by atoms with Crippen LogP contribution in [0.4, 0.5) is 11.8 Å². The first-order valence-corrected chi connectivity index (χ1v) is 8.18. The predicted molar refractivity (Wildman–Crippen MR) is 82.9 cm³/mol. The van der Waals surface area contributed by atoms with Gasteiger partial charge < -0.3 is 4.90 Å². The Kier molecular flexibility index (Phi) is 3.00. The lowest BCUT2D eigenvalue weighted by atomic mass is 10.2. The van der Waals surface area contributed by atoms with Gasteiger partial charge in [0.1, 0.15) is 10.6 Å². The van der Waals surface area contributed by atoms with Crippen LogP contribution in [0.15, 0.2) is 11.4 Å². The van der Waals surface area contributed by atoms with Gasteiger partial charge in [-0.3, -0.25) is 5.43 Å². The van der Waals surface area contributed by atoms with Crippen LogP contribution in [-0.4, -0.2) is 23.1 Å². The van der Waals surface area contributed by atoms with E-state index in [0.29, 0.717) is 5.95 Å². The van der Waals surface area contributed by atoms with Crippen molar-refractivity contribution in [1.82, 2.24) is 9.97 Å². The van der Waals surface area contributed by atoms with Crippen molar-refractivity contribution in [2.75, 3.05) is 23.4 Å². The Bertz CT molecular complexity index is 603. The number of hydrogen-bond donors (Lipinski definition) is 2. The fourth-order valence-corrected chi connectivity index (χ4v) is 3.38. The number of nitrogen functional groups attached to an aromatic ring is 1. The van der Waals surface area contributed by atoms with Gasteiger partial charge in [0.05, 0.1) is 5.39 Å². The lowest BCUT2D eigenvalue weighted by Crippen LogP contribution is -2.29. The molecule has 2 aliphatic carbocycles. The Labute approximate surface area is 122 Å². The summed E-state index contributed by atoms with van der Waals surface area (Å²) in [5.41, 5.74) is 2.60. The Morgan fingerprint density at radius 1 is 1.20 bits per heavy atom. The maximum absolute atomic E-state index is 5.52. The minimum Gasteiger partial charge on any atom is -0.355 e. The molecule has 0 aromatic carbocycles. The van der Waals surface area contributed by atoms with Crippen molar-refractivity contribution in [2.45, 2.75) is 25.7 Å². The molecule has 2 aliphatic rings. The van der Waals surface area contributed by atoms with Crippen LogP contribution in [0.3, 0.4) is 0 Å². The van der Waals surface area contributed by atoms with Gasteiger partial charge in [0.2, 0.25) is 5.95 Å². The van der Waals surface area contributed by atoms with Crippen molar-refractivity contribution >= 4 is 33.3 Å². The summed E-state index contributed by atoms with van der Waals surface area (Å²) in [5, 5.41) is 3.24. The monoisotopic (exact) mass is 289 g/mol. The lowest BCUT2D eigenvalue weighted by molar-refractivity contribution is 0.673. The van der Waals surface area contributed by atoms with Crippen LogP contribution in [0.2, 0.25) is 0 Å². The maximum Gasteiger partial charge on any atom is 0.240 e. The molecule has 2 aromatic heterocycles. The average molecular weight is 289 g/mol. The second kappa shape index (κ2) is 4.86. The normalized spacial score (nSPS) is 18.4. The third-order valence-electron chi connectivity index (χ3n) is 4.08. The van der Waals surface area contributed by atoms with E-state index >= 15 is 0 Å². The molecule has 2 heterocycles. The Morgan fingerprint density at radius 3 is 2.50 bits per heavy atom. The maximum atomic E-state index is 5.52. The number of aromatic nitrogens is 2. The summed E-state index contributed by atoms with van der Waals surface area (Å²) in [4.78, 5) is 12.5. The van der Waals surface area contributed by atoms with Crippen molar-refractivity contribution in [3.63, 3.8) is 0 Å². The molecule has 5 nitrogen and oxygen atoms in total. The zero-order valence-corrected chi connectivity index (χ0v) is 12.2. The summed E-state index contributed by atoms with van der Waals surface area (Å²) in [6.45, 7) is 2.25. The first kappa shape index (κ1) is 12.3. The van der Waals surface area contributed by atoms with Crippen molar-refractivity contribution in [3.05, 3.63) is 11.4 Å². The Morgan fingerprint density at radius 2 is 1.90 bits per heavy atom. The van der Waals surface area contributed by atoms with E-state index in [2.05, 4.69) is 31.7 Å². The number of nitrogens with two attached hydrogens (primary N) is 1. The molecule has 2 aromatic rings. The number of thiophene rings is 1. The second-order valence-corrected chi connectivity index (χ2v) is 6.84. The minimum absolute atomic E-state index is 0.520. The van der Waals surface area contributed by atoms with E-state index in [9.17, 15) is 0 Å². The number of hydrogen-bond acceptors (Lipinski definition) is 6. The molecule has 3 N–H and O–H groups in total. The first-order valence-electron chi connectivity index (χ1n) is 7.30. The van der Waals surface area contributed by atoms with Gasteiger partial charge in [0, 0.05) is 13.1 Å². The van der Waals surface area contributed by atoms with Gasteiger partial charge >= 0.3 is 0 Å². The van der Waals surface area contributed by atoms with Gasteiger partial charge in [-0.2, -0.15) is 4.98 Å². The lowest BCUT2D eigenvalue weighted by Gasteiger charge is -2.24. The highest BCUT2D eigenvalue weighted by molar-refractivity contribution is 7.16. The SMILES string of the molecule is NNc1nc(N(CC2CC2)CC2CC2)c2ccsc2n1. The van der Waals surface area contributed by atoms with E-state index in [1.165, 1.54) is 25.7 Å². The first-order chi connectivity index (χ1) is 9.83. The number of nitrogens with one attached hydrogen (secondary N) is 1. The molecule has 4 rings (SSSR count). The van der Waals surface area contributed by atoms with E-state index in [0.717, 1.165) is 41.0 Å². The Balaban J connectivity index is 1.73. The Hall–Kier alpha value is -1.40. The molecule has 0 atom stereocenters. The van der Waals surface area contributed by atoms with E-state index < -0.39 is 0 Å². The summed E-state index contributed by atoms with van der Waals surface area (Å²) < 4.78 is 0. The number of nitrogens with zero attached hydrogens (tertiary/aromatic N) is 3. The molecule has 0 bridgehead atoms. The smallest absolute Gasteiger partial charge is 0.240 e. The average Bonchev–Trinajstić information content (AvgIpc) is 3.38. The van der Waals surface area contributed by atoms with Crippen LogP contribution in [0, 0.1) is 11.8 Å². The minimum atomic E-state index is 0.520. The molecule has 0 amide bonds. The van der Waals surface area contributed by atoms with Gasteiger partial charge in [0.15, 0.2) is 0 Å². The molecule has 2 fully saturated rings. The number of rotatable bonds is 6. The summed E-state index contributed by atoms with van der Waals surface area (Å²) in [7, 11) is 0. The van der Waals surface area contributed by atoms with Crippen LogP contribution in [0.1, 0.15) is 25.7 Å². The highest BCUT2D eigenvalue weighted by Crippen LogP contribution is 2.37. The summed E-state index contributed by atoms with van der Waals surface area (Å²) in [6.07, 6.45) is 5.45. The standard InChI is InChI=1S/C14H19N5S/c15-18-14-16-12(11-5-6-20-13(11)17-14)19(7-9-1-2-9)8-10-3-4-10/h5-6,9-10H,1-4,7-8,15H2,(H,16,17,18). The van der Waals surface area contributed by atoms with Gasteiger partial charge in [-0.05, 0) is 49.0 Å².